The molecule has 0 radical (unpaired) electrons. The number of morpholine rings is 1. The van der Waals surface area contributed by atoms with Gasteiger partial charge >= 0.3 is 0 Å². The van der Waals surface area contributed by atoms with Crippen LogP contribution in [-0.2, 0) is 11.8 Å². The SMILES string of the molecule is Cc1cc(C(=O)N2CCO[C@@H](CN(C)C)[C@@H]2c2cnn(C)c2)cc(C)n1. The van der Waals surface area contributed by atoms with E-state index >= 15 is 0 Å². The lowest BCUT2D eigenvalue weighted by Gasteiger charge is -2.41. The van der Waals surface area contributed by atoms with E-state index in [2.05, 4.69) is 15.0 Å². The number of nitrogens with zero attached hydrogens (tertiary/aromatic N) is 5. The molecule has 7 nitrogen and oxygen atoms in total. The van der Waals surface area contributed by atoms with Crippen molar-refractivity contribution in [2.24, 2.45) is 7.05 Å². The summed E-state index contributed by atoms with van der Waals surface area (Å²) in [6.45, 7) is 5.65. The first-order valence-electron chi connectivity index (χ1n) is 8.86. The Hall–Kier alpha value is -2.25. The number of carbonyl (C=O) groups excluding carboxylic acids is 1. The molecular weight excluding hydrogens is 330 g/mol. The topological polar surface area (TPSA) is 63.5 Å². The molecule has 0 unspecified atom stereocenters. The zero-order valence-electron chi connectivity index (χ0n) is 16.1. The summed E-state index contributed by atoms with van der Waals surface area (Å²) in [7, 11) is 5.91. The van der Waals surface area contributed by atoms with Crippen molar-refractivity contribution in [3.05, 3.63) is 47.0 Å². The Morgan fingerprint density at radius 2 is 2.00 bits per heavy atom. The number of likely N-dealkylation sites (N-methyl/N-ethyl adjacent to an activating group) is 1. The van der Waals surface area contributed by atoms with Gasteiger partial charge in [-0.1, -0.05) is 0 Å². The molecule has 7 heteroatoms. The minimum absolute atomic E-state index is 0.0134. The predicted octanol–water partition coefficient (Wildman–Crippen LogP) is 1.58. The third-order valence-electron chi connectivity index (χ3n) is 4.55. The third-order valence-corrected chi connectivity index (χ3v) is 4.55. The van der Waals surface area contributed by atoms with Gasteiger partial charge in [0.25, 0.3) is 5.91 Å². The lowest BCUT2D eigenvalue weighted by Crippen LogP contribution is -2.51. The number of aromatic nitrogens is 3. The van der Waals surface area contributed by atoms with E-state index < -0.39 is 0 Å². The van der Waals surface area contributed by atoms with Crippen molar-refractivity contribution in [3.63, 3.8) is 0 Å². The van der Waals surface area contributed by atoms with Crippen molar-refractivity contribution in [1.82, 2.24) is 24.6 Å². The maximum atomic E-state index is 13.3. The molecule has 0 bridgehead atoms. The van der Waals surface area contributed by atoms with Crippen LogP contribution in [0.15, 0.2) is 24.5 Å². The number of aryl methyl sites for hydroxylation is 3. The van der Waals surface area contributed by atoms with Gasteiger partial charge in [0.15, 0.2) is 0 Å². The normalized spacial score (nSPS) is 20.6. The van der Waals surface area contributed by atoms with Gasteiger partial charge in [0.2, 0.25) is 0 Å². The fourth-order valence-corrected chi connectivity index (χ4v) is 3.58. The van der Waals surface area contributed by atoms with Crippen molar-refractivity contribution >= 4 is 5.91 Å². The number of hydrogen-bond acceptors (Lipinski definition) is 5. The fraction of sp³-hybridized carbons (Fsp3) is 0.526. The maximum Gasteiger partial charge on any atom is 0.254 e. The highest BCUT2D eigenvalue weighted by molar-refractivity contribution is 5.94. The van der Waals surface area contributed by atoms with E-state index in [9.17, 15) is 4.79 Å². The van der Waals surface area contributed by atoms with E-state index in [0.717, 1.165) is 23.5 Å². The van der Waals surface area contributed by atoms with Crippen molar-refractivity contribution in [3.8, 4) is 0 Å². The zero-order valence-corrected chi connectivity index (χ0v) is 16.1. The standard InChI is InChI=1S/C19H27N5O2/c1-13-8-15(9-14(2)21-13)19(25)24-6-7-26-17(12-22(3)4)18(24)16-10-20-23(5)11-16/h8-11,17-18H,6-7,12H2,1-5H3/t17-,18-/m0/s1. The van der Waals surface area contributed by atoms with E-state index in [0.29, 0.717) is 18.7 Å². The molecular formula is C19H27N5O2. The van der Waals surface area contributed by atoms with E-state index in [1.54, 1.807) is 4.68 Å². The van der Waals surface area contributed by atoms with E-state index in [1.807, 2.05) is 64.4 Å². The number of ether oxygens (including phenoxy) is 1. The molecule has 1 amide bonds. The Kier molecular flexibility index (Phi) is 5.38. The molecule has 140 valence electrons. The molecule has 1 fully saturated rings. The van der Waals surface area contributed by atoms with Gasteiger partial charge in [0.05, 0.1) is 24.9 Å². The monoisotopic (exact) mass is 357 g/mol. The van der Waals surface area contributed by atoms with Gasteiger partial charge in [-0.05, 0) is 40.1 Å². The number of hydrogen-bond donors (Lipinski definition) is 0. The van der Waals surface area contributed by atoms with Gasteiger partial charge in [0.1, 0.15) is 0 Å². The molecule has 0 aromatic carbocycles. The fourth-order valence-electron chi connectivity index (χ4n) is 3.58. The van der Waals surface area contributed by atoms with Crippen LogP contribution in [-0.4, -0.2) is 70.4 Å². The molecule has 2 aromatic heterocycles. The molecule has 0 aliphatic carbocycles. The molecule has 3 rings (SSSR count). The van der Waals surface area contributed by atoms with Crippen LogP contribution < -0.4 is 0 Å². The summed E-state index contributed by atoms with van der Waals surface area (Å²) >= 11 is 0. The van der Waals surface area contributed by atoms with Gasteiger partial charge in [-0.2, -0.15) is 5.10 Å². The van der Waals surface area contributed by atoms with Gasteiger partial charge in [-0.3, -0.25) is 14.5 Å². The molecule has 26 heavy (non-hydrogen) atoms. The minimum Gasteiger partial charge on any atom is -0.373 e. The molecule has 3 heterocycles. The first-order valence-corrected chi connectivity index (χ1v) is 8.86. The van der Waals surface area contributed by atoms with Crippen LogP contribution in [0.25, 0.3) is 0 Å². The summed E-state index contributed by atoms with van der Waals surface area (Å²) in [6, 6.07) is 3.54. The van der Waals surface area contributed by atoms with Gasteiger partial charge in [-0.15, -0.1) is 0 Å². The first kappa shape index (κ1) is 18.5. The average molecular weight is 357 g/mol. The van der Waals surface area contributed by atoms with Crippen LogP contribution in [0.5, 0.6) is 0 Å². The first-order chi connectivity index (χ1) is 12.3. The van der Waals surface area contributed by atoms with E-state index in [1.165, 1.54) is 0 Å². The van der Waals surface area contributed by atoms with Crippen LogP contribution in [0.4, 0.5) is 0 Å². The molecule has 2 atom stereocenters. The second-order valence-electron chi connectivity index (χ2n) is 7.20. The third kappa shape index (κ3) is 3.94. The molecule has 0 saturated carbocycles. The smallest absolute Gasteiger partial charge is 0.254 e. The van der Waals surface area contributed by atoms with Crippen LogP contribution in [0, 0.1) is 13.8 Å². The van der Waals surface area contributed by atoms with Crippen LogP contribution in [0.1, 0.15) is 33.4 Å². The molecule has 0 spiro atoms. The summed E-state index contributed by atoms with van der Waals surface area (Å²) in [5.74, 6) is 0.0134. The Bertz CT molecular complexity index is 766. The van der Waals surface area contributed by atoms with Crippen molar-refractivity contribution in [2.75, 3.05) is 33.8 Å². The predicted molar refractivity (Wildman–Crippen MR) is 99.0 cm³/mol. The second kappa shape index (κ2) is 7.55. The van der Waals surface area contributed by atoms with Gasteiger partial charge in [-0.25, -0.2) is 0 Å². The summed E-state index contributed by atoms with van der Waals surface area (Å²) < 4.78 is 7.81. The van der Waals surface area contributed by atoms with Crippen molar-refractivity contribution in [1.29, 1.82) is 0 Å². The largest absolute Gasteiger partial charge is 0.373 e. The highest BCUT2D eigenvalue weighted by Crippen LogP contribution is 2.31. The van der Waals surface area contributed by atoms with E-state index in [-0.39, 0.29) is 18.1 Å². The molecule has 0 N–H and O–H groups in total. The van der Waals surface area contributed by atoms with Gasteiger partial charge in [0, 0.05) is 48.8 Å². The van der Waals surface area contributed by atoms with E-state index in [4.69, 9.17) is 4.74 Å². The molecule has 1 aliphatic rings. The summed E-state index contributed by atoms with van der Waals surface area (Å²) in [5.41, 5.74) is 3.37. The Balaban J connectivity index is 1.97. The number of amides is 1. The number of rotatable bonds is 4. The van der Waals surface area contributed by atoms with Gasteiger partial charge < -0.3 is 14.5 Å². The Morgan fingerprint density at radius 1 is 1.31 bits per heavy atom. The van der Waals surface area contributed by atoms with Crippen molar-refractivity contribution in [2.45, 2.75) is 26.0 Å². The molecule has 1 saturated heterocycles. The average Bonchev–Trinajstić information content (AvgIpc) is 2.98. The van der Waals surface area contributed by atoms with Crippen molar-refractivity contribution < 1.29 is 9.53 Å². The summed E-state index contributed by atoms with van der Waals surface area (Å²) in [5, 5.41) is 4.30. The summed E-state index contributed by atoms with van der Waals surface area (Å²) in [6.07, 6.45) is 3.69. The zero-order chi connectivity index (χ0) is 18.8. The van der Waals surface area contributed by atoms with Crippen LogP contribution in [0.2, 0.25) is 0 Å². The lowest BCUT2D eigenvalue weighted by molar-refractivity contribution is -0.0684. The van der Waals surface area contributed by atoms with Crippen LogP contribution >= 0.6 is 0 Å². The number of pyridine rings is 1. The summed E-state index contributed by atoms with van der Waals surface area (Å²) in [4.78, 5) is 21.7. The Morgan fingerprint density at radius 3 is 2.58 bits per heavy atom. The second-order valence-corrected chi connectivity index (χ2v) is 7.20. The van der Waals surface area contributed by atoms with Crippen LogP contribution in [0.3, 0.4) is 0 Å². The Labute approximate surface area is 154 Å². The highest BCUT2D eigenvalue weighted by Gasteiger charge is 2.37. The minimum atomic E-state index is -0.166. The molecule has 1 aliphatic heterocycles. The quantitative estimate of drug-likeness (QED) is 0.831. The highest BCUT2D eigenvalue weighted by atomic mass is 16.5. The molecule has 2 aromatic rings. The number of carbonyl (C=O) groups is 1. The maximum absolute atomic E-state index is 13.3. The lowest BCUT2D eigenvalue weighted by atomic mass is 9.99.